The van der Waals surface area contributed by atoms with Gasteiger partial charge in [-0.15, -0.1) is 0 Å². The normalized spacial score (nSPS) is 11.2. The lowest BCUT2D eigenvalue weighted by molar-refractivity contribution is 0.655. The van der Waals surface area contributed by atoms with Crippen LogP contribution in [-0.4, -0.2) is 21.1 Å². The molecule has 1 aromatic carbocycles. The van der Waals surface area contributed by atoms with Crippen LogP contribution in [0.1, 0.15) is 11.4 Å². The van der Waals surface area contributed by atoms with Gasteiger partial charge in [-0.2, -0.15) is 0 Å². The molecule has 2 N–H and O–H groups in total. The van der Waals surface area contributed by atoms with Gasteiger partial charge in [0.25, 0.3) is 0 Å². The van der Waals surface area contributed by atoms with Gasteiger partial charge in [-0.3, -0.25) is 0 Å². The molecule has 0 bridgehead atoms. The van der Waals surface area contributed by atoms with E-state index in [4.69, 9.17) is 0 Å². The first-order valence-corrected chi connectivity index (χ1v) is 6.56. The summed E-state index contributed by atoms with van der Waals surface area (Å²) in [4.78, 5) is 7.55. The Balaban J connectivity index is 1.53. The van der Waals surface area contributed by atoms with Crippen LogP contribution in [0.15, 0.2) is 42.9 Å². The van der Waals surface area contributed by atoms with Crippen molar-refractivity contribution in [2.45, 2.75) is 13.0 Å². The van der Waals surface area contributed by atoms with Crippen LogP contribution >= 0.6 is 0 Å². The molecule has 19 heavy (non-hydrogen) atoms. The fourth-order valence-corrected chi connectivity index (χ4v) is 2.28. The van der Waals surface area contributed by atoms with Crippen LogP contribution in [-0.2, 0) is 20.0 Å². The lowest BCUT2D eigenvalue weighted by Gasteiger charge is -2.05. The first-order chi connectivity index (χ1) is 9.33. The standard InChI is InChI=1S/C15H18N4/c1-19-9-8-18-15(19)5-6-16-11-12-2-3-13-4-7-17-14(13)10-12/h2-4,7-10,16-17H,5-6,11H2,1H3. The van der Waals surface area contributed by atoms with Gasteiger partial charge in [0.1, 0.15) is 5.82 Å². The van der Waals surface area contributed by atoms with Crippen molar-refractivity contribution in [2.24, 2.45) is 7.05 Å². The molecule has 4 nitrogen and oxygen atoms in total. The van der Waals surface area contributed by atoms with Gasteiger partial charge >= 0.3 is 0 Å². The Hall–Kier alpha value is -2.07. The molecule has 3 aromatic rings. The maximum absolute atomic E-state index is 4.31. The van der Waals surface area contributed by atoms with E-state index in [2.05, 4.69) is 44.1 Å². The Kier molecular flexibility index (Phi) is 3.33. The minimum absolute atomic E-state index is 0.888. The molecule has 2 heterocycles. The van der Waals surface area contributed by atoms with Crippen molar-refractivity contribution in [3.63, 3.8) is 0 Å². The van der Waals surface area contributed by atoms with E-state index in [1.165, 1.54) is 16.5 Å². The molecule has 0 radical (unpaired) electrons. The smallest absolute Gasteiger partial charge is 0.109 e. The number of H-pyrrole nitrogens is 1. The van der Waals surface area contributed by atoms with E-state index in [9.17, 15) is 0 Å². The maximum atomic E-state index is 4.31. The topological polar surface area (TPSA) is 45.6 Å². The van der Waals surface area contributed by atoms with E-state index in [-0.39, 0.29) is 0 Å². The lowest BCUT2D eigenvalue weighted by atomic mass is 10.1. The Morgan fingerprint density at radius 2 is 2.26 bits per heavy atom. The zero-order chi connectivity index (χ0) is 13.1. The van der Waals surface area contributed by atoms with Crippen molar-refractivity contribution >= 4 is 10.9 Å². The summed E-state index contributed by atoms with van der Waals surface area (Å²) in [6.45, 7) is 1.83. The number of benzene rings is 1. The van der Waals surface area contributed by atoms with Crippen LogP contribution in [0.5, 0.6) is 0 Å². The second kappa shape index (κ2) is 5.28. The number of aromatic amines is 1. The second-order valence-electron chi connectivity index (χ2n) is 4.78. The Labute approximate surface area is 112 Å². The molecule has 0 saturated heterocycles. The van der Waals surface area contributed by atoms with Gasteiger partial charge in [-0.05, 0) is 23.1 Å². The monoisotopic (exact) mass is 254 g/mol. The van der Waals surface area contributed by atoms with Gasteiger partial charge < -0.3 is 14.9 Å². The highest BCUT2D eigenvalue weighted by Gasteiger charge is 2.00. The van der Waals surface area contributed by atoms with Gasteiger partial charge in [-0.25, -0.2) is 4.98 Å². The summed E-state index contributed by atoms with van der Waals surface area (Å²) in [5, 5.41) is 4.72. The lowest BCUT2D eigenvalue weighted by Crippen LogP contribution is -2.18. The van der Waals surface area contributed by atoms with Crippen LogP contribution in [0.4, 0.5) is 0 Å². The van der Waals surface area contributed by atoms with E-state index >= 15 is 0 Å². The van der Waals surface area contributed by atoms with E-state index in [1.807, 2.05) is 25.6 Å². The molecular formula is C15H18N4. The SMILES string of the molecule is Cn1ccnc1CCNCc1ccc2cc[nH]c2c1. The van der Waals surface area contributed by atoms with Crippen molar-refractivity contribution in [1.29, 1.82) is 0 Å². The van der Waals surface area contributed by atoms with Crippen molar-refractivity contribution in [1.82, 2.24) is 19.9 Å². The predicted molar refractivity (Wildman–Crippen MR) is 76.9 cm³/mol. The number of nitrogens with zero attached hydrogens (tertiary/aromatic N) is 2. The van der Waals surface area contributed by atoms with Crippen molar-refractivity contribution in [3.05, 3.63) is 54.2 Å². The van der Waals surface area contributed by atoms with Crippen LogP contribution < -0.4 is 5.32 Å². The summed E-state index contributed by atoms with van der Waals surface area (Å²) in [5.74, 6) is 1.12. The zero-order valence-electron chi connectivity index (χ0n) is 11.1. The number of imidazole rings is 1. The molecule has 0 spiro atoms. The summed E-state index contributed by atoms with van der Waals surface area (Å²) in [7, 11) is 2.03. The number of hydrogen-bond donors (Lipinski definition) is 2. The summed E-state index contributed by atoms with van der Waals surface area (Å²) in [6.07, 6.45) is 6.75. The first kappa shape index (κ1) is 12.0. The summed E-state index contributed by atoms with van der Waals surface area (Å²) in [5.41, 5.74) is 2.50. The number of fused-ring (bicyclic) bond motifs is 1. The maximum Gasteiger partial charge on any atom is 0.109 e. The third kappa shape index (κ3) is 2.69. The van der Waals surface area contributed by atoms with Gasteiger partial charge in [0.15, 0.2) is 0 Å². The molecule has 4 heteroatoms. The van der Waals surface area contributed by atoms with Crippen molar-refractivity contribution in [2.75, 3.05) is 6.54 Å². The number of hydrogen-bond acceptors (Lipinski definition) is 2. The van der Waals surface area contributed by atoms with Gasteiger partial charge in [0, 0.05) is 50.7 Å². The van der Waals surface area contributed by atoms with Gasteiger partial charge in [0.05, 0.1) is 0 Å². The fourth-order valence-electron chi connectivity index (χ4n) is 2.28. The molecule has 0 fully saturated rings. The molecule has 3 rings (SSSR count). The first-order valence-electron chi connectivity index (χ1n) is 6.56. The molecule has 0 aliphatic rings. The third-order valence-electron chi connectivity index (χ3n) is 3.39. The Morgan fingerprint density at radius 3 is 3.11 bits per heavy atom. The summed E-state index contributed by atoms with van der Waals surface area (Å²) in [6, 6.07) is 8.61. The van der Waals surface area contributed by atoms with Crippen LogP contribution in [0, 0.1) is 0 Å². The molecule has 0 unspecified atom stereocenters. The zero-order valence-corrected chi connectivity index (χ0v) is 11.1. The highest BCUT2D eigenvalue weighted by Crippen LogP contribution is 2.13. The molecular weight excluding hydrogens is 236 g/mol. The Bertz CT molecular complexity index is 665. The van der Waals surface area contributed by atoms with Crippen LogP contribution in [0.2, 0.25) is 0 Å². The van der Waals surface area contributed by atoms with E-state index < -0.39 is 0 Å². The molecule has 0 saturated carbocycles. The van der Waals surface area contributed by atoms with Crippen molar-refractivity contribution < 1.29 is 0 Å². The molecule has 2 aromatic heterocycles. The highest BCUT2D eigenvalue weighted by molar-refractivity contribution is 5.79. The second-order valence-corrected chi connectivity index (χ2v) is 4.78. The fraction of sp³-hybridized carbons (Fsp3) is 0.267. The van der Waals surface area contributed by atoms with E-state index in [0.717, 1.165) is 25.3 Å². The number of nitrogens with one attached hydrogen (secondary N) is 2. The number of rotatable bonds is 5. The Morgan fingerprint density at radius 1 is 1.32 bits per heavy atom. The predicted octanol–water partition coefficient (Wildman–Crippen LogP) is 2.23. The minimum Gasteiger partial charge on any atom is -0.361 e. The van der Waals surface area contributed by atoms with Gasteiger partial charge in [-0.1, -0.05) is 12.1 Å². The average Bonchev–Trinajstić information content (AvgIpc) is 3.03. The average molecular weight is 254 g/mol. The molecule has 0 aliphatic heterocycles. The molecule has 98 valence electrons. The summed E-state index contributed by atoms with van der Waals surface area (Å²) >= 11 is 0. The highest BCUT2D eigenvalue weighted by atomic mass is 15.0. The summed E-state index contributed by atoms with van der Waals surface area (Å²) < 4.78 is 2.06. The van der Waals surface area contributed by atoms with E-state index in [0.29, 0.717) is 0 Å². The minimum atomic E-state index is 0.888. The quantitative estimate of drug-likeness (QED) is 0.686. The molecule has 0 amide bonds. The third-order valence-corrected chi connectivity index (χ3v) is 3.39. The van der Waals surface area contributed by atoms with E-state index in [1.54, 1.807) is 0 Å². The molecule has 0 aliphatic carbocycles. The number of aromatic nitrogens is 3. The van der Waals surface area contributed by atoms with Crippen LogP contribution in [0.25, 0.3) is 10.9 Å². The van der Waals surface area contributed by atoms with Crippen molar-refractivity contribution in [3.8, 4) is 0 Å². The molecule has 0 atom stereocenters. The van der Waals surface area contributed by atoms with Crippen LogP contribution in [0.3, 0.4) is 0 Å². The van der Waals surface area contributed by atoms with Gasteiger partial charge in [0.2, 0.25) is 0 Å². The largest absolute Gasteiger partial charge is 0.361 e. The number of aryl methyl sites for hydroxylation is 1.